The normalized spacial score (nSPS) is 15.0. The Labute approximate surface area is 242 Å². The SMILES string of the molecule is FC(F)(F)c1cccnc1-c1ccc2c(c1)N=C(CCOCc1ccccc1)N(CCOCc1ccccc1)C2Cl. The van der Waals surface area contributed by atoms with E-state index in [4.69, 9.17) is 26.1 Å². The second kappa shape index (κ2) is 13.3. The zero-order chi connectivity index (χ0) is 28.7. The maximum atomic E-state index is 13.7. The third-order valence-electron chi connectivity index (χ3n) is 6.70. The van der Waals surface area contributed by atoms with E-state index >= 15 is 0 Å². The Morgan fingerprint density at radius 1 is 0.805 bits per heavy atom. The summed E-state index contributed by atoms with van der Waals surface area (Å²) < 4.78 is 52.9. The number of hydrogen-bond acceptors (Lipinski definition) is 5. The molecule has 0 spiro atoms. The Balaban J connectivity index is 1.36. The van der Waals surface area contributed by atoms with Crippen LogP contribution in [-0.4, -0.2) is 35.5 Å². The molecule has 0 saturated heterocycles. The van der Waals surface area contributed by atoms with Crippen LogP contribution in [0.4, 0.5) is 18.9 Å². The quantitative estimate of drug-likeness (QED) is 0.102. The van der Waals surface area contributed by atoms with Gasteiger partial charge in [0.1, 0.15) is 11.3 Å². The van der Waals surface area contributed by atoms with Gasteiger partial charge in [-0.1, -0.05) is 84.4 Å². The molecule has 1 aliphatic heterocycles. The predicted molar refractivity (Wildman–Crippen MR) is 154 cm³/mol. The van der Waals surface area contributed by atoms with Crippen LogP contribution in [0.1, 0.15) is 34.2 Å². The first-order valence-electron chi connectivity index (χ1n) is 13.3. The number of amidine groups is 1. The fourth-order valence-corrected chi connectivity index (χ4v) is 5.05. The van der Waals surface area contributed by atoms with Crippen LogP contribution in [0.25, 0.3) is 11.3 Å². The smallest absolute Gasteiger partial charge is 0.376 e. The molecule has 5 nitrogen and oxygen atoms in total. The molecular formula is C32H29ClF3N3O2. The average molecular weight is 580 g/mol. The number of rotatable bonds is 11. The van der Waals surface area contributed by atoms with Gasteiger partial charge in [-0.3, -0.25) is 4.98 Å². The van der Waals surface area contributed by atoms with Crippen molar-refractivity contribution in [3.63, 3.8) is 0 Å². The molecule has 212 valence electrons. The lowest BCUT2D eigenvalue weighted by Gasteiger charge is -2.35. The van der Waals surface area contributed by atoms with E-state index in [0.717, 1.165) is 17.2 Å². The molecule has 0 aliphatic carbocycles. The van der Waals surface area contributed by atoms with E-state index in [2.05, 4.69) is 4.98 Å². The summed E-state index contributed by atoms with van der Waals surface area (Å²) in [6.07, 6.45) is -2.71. The van der Waals surface area contributed by atoms with Crippen LogP contribution in [0.3, 0.4) is 0 Å². The van der Waals surface area contributed by atoms with E-state index in [0.29, 0.717) is 62.0 Å². The van der Waals surface area contributed by atoms with Gasteiger partial charge in [-0.15, -0.1) is 0 Å². The van der Waals surface area contributed by atoms with Crippen LogP contribution in [0.2, 0.25) is 0 Å². The molecule has 0 N–H and O–H groups in total. The van der Waals surface area contributed by atoms with Crippen molar-refractivity contribution in [2.45, 2.75) is 31.3 Å². The third-order valence-corrected chi connectivity index (χ3v) is 7.17. The van der Waals surface area contributed by atoms with Gasteiger partial charge in [0.2, 0.25) is 0 Å². The fraction of sp³-hybridized carbons (Fsp3) is 0.250. The van der Waals surface area contributed by atoms with Gasteiger partial charge >= 0.3 is 6.18 Å². The highest BCUT2D eigenvalue weighted by atomic mass is 35.5. The first-order valence-corrected chi connectivity index (χ1v) is 13.7. The lowest BCUT2D eigenvalue weighted by Crippen LogP contribution is -2.38. The van der Waals surface area contributed by atoms with Gasteiger partial charge in [0.25, 0.3) is 0 Å². The summed E-state index contributed by atoms with van der Waals surface area (Å²) in [7, 11) is 0. The summed E-state index contributed by atoms with van der Waals surface area (Å²) in [6.45, 7) is 2.22. The molecule has 4 aromatic rings. The first kappa shape index (κ1) is 28.8. The number of alkyl halides is 4. The lowest BCUT2D eigenvalue weighted by atomic mass is 10.0. The van der Waals surface area contributed by atoms with Crippen LogP contribution in [0.5, 0.6) is 0 Å². The van der Waals surface area contributed by atoms with Crippen molar-refractivity contribution in [2.24, 2.45) is 4.99 Å². The minimum atomic E-state index is -4.53. The first-order chi connectivity index (χ1) is 19.9. The lowest BCUT2D eigenvalue weighted by molar-refractivity contribution is -0.137. The van der Waals surface area contributed by atoms with E-state index in [-0.39, 0.29) is 5.69 Å². The predicted octanol–water partition coefficient (Wildman–Crippen LogP) is 8.17. The Kier molecular flexibility index (Phi) is 9.34. The molecular weight excluding hydrogens is 551 g/mol. The highest BCUT2D eigenvalue weighted by molar-refractivity contribution is 6.22. The third kappa shape index (κ3) is 7.33. The van der Waals surface area contributed by atoms with Crippen molar-refractivity contribution < 1.29 is 22.6 Å². The molecule has 2 heterocycles. The number of pyridine rings is 1. The summed E-state index contributed by atoms with van der Waals surface area (Å²) in [6, 6.07) is 27.0. The summed E-state index contributed by atoms with van der Waals surface area (Å²) in [4.78, 5) is 10.8. The fourth-order valence-electron chi connectivity index (χ4n) is 4.65. The highest BCUT2D eigenvalue weighted by Gasteiger charge is 2.35. The molecule has 1 aliphatic rings. The molecule has 0 fully saturated rings. The van der Waals surface area contributed by atoms with E-state index in [1.165, 1.54) is 12.3 Å². The zero-order valence-corrected chi connectivity index (χ0v) is 23.0. The van der Waals surface area contributed by atoms with Crippen molar-refractivity contribution in [1.82, 2.24) is 9.88 Å². The zero-order valence-electron chi connectivity index (χ0n) is 22.2. The topological polar surface area (TPSA) is 47.0 Å². The number of ether oxygens (including phenoxy) is 2. The number of benzene rings is 3. The Morgan fingerprint density at radius 2 is 1.46 bits per heavy atom. The van der Waals surface area contributed by atoms with Crippen LogP contribution >= 0.6 is 11.6 Å². The van der Waals surface area contributed by atoms with E-state index in [1.54, 1.807) is 18.2 Å². The minimum absolute atomic E-state index is 0.145. The average Bonchev–Trinajstić information content (AvgIpc) is 2.99. The summed E-state index contributed by atoms with van der Waals surface area (Å²) in [5.41, 5.74) is 2.16. The number of fused-ring (bicyclic) bond motifs is 1. The molecule has 1 unspecified atom stereocenters. The molecule has 0 bridgehead atoms. The van der Waals surface area contributed by atoms with Crippen molar-refractivity contribution in [3.8, 4) is 11.3 Å². The van der Waals surface area contributed by atoms with Crippen LogP contribution in [0.15, 0.2) is 102 Å². The monoisotopic (exact) mass is 579 g/mol. The van der Waals surface area contributed by atoms with Crippen LogP contribution in [0, 0.1) is 0 Å². The molecule has 0 amide bonds. The van der Waals surface area contributed by atoms with E-state index < -0.39 is 17.2 Å². The molecule has 1 aromatic heterocycles. The van der Waals surface area contributed by atoms with Gasteiger partial charge in [-0.2, -0.15) is 13.2 Å². The maximum absolute atomic E-state index is 13.7. The molecule has 0 radical (unpaired) electrons. The Morgan fingerprint density at radius 3 is 2.12 bits per heavy atom. The molecule has 1 atom stereocenters. The van der Waals surface area contributed by atoms with Crippen molar-refractivity contribution in [3.05, 3.63) is 119 Å². The van der Waals surface area contributed by atoms with Crippen molar-refractivity contribution in [2.75, 3.05) is 19.8 Å². The van der Waals surface area contributed by atoms with Gasteiger partial charge in [-0.25, -0.2) is 4.99 Å². The van der Waals surface area contributed by atoms with Gasteiger partial charge in [-0.05, 0) is 29.3 Å². The van der Waals surface area contributed by atoms with Crippen molar-refractivity contribution >= 4 is 23.1 Å². The highest BCUT2D eigenvalue weighted by Crippen LogP contribution is 2.42. The molecule has 9 heteroatoms. The van der Waals surface area contributed by atoms with E-state index in [1.807, 2.05) is 65.6 Å². The van der Waals surface area contributed by atoms with Crippen LogP contribution in [-0.2, 0) is 28.9 Å². The molecule has 41 heavy (non-hydrogen) atoms. The summed E-state index contributed by atoms with van der Waals surface area (Å²) in [5.74, 6) is 0.683. The Bertz CT molecular complexity index is 1470. The largest absolute Gasteiger partial charge is 0.418 e. The summed E-state index contributed by atoms with van der Waals surface area (Å²) in [5, 5.41) is 0. The molecule has 0 saturated carbocycles. The van der Waals surface area contributed by atoms with Gasteiger partial charge in [0, 0.05) is 30.3 Å². The van der Waals surface area contributed by atoms with Gasteiger partial charge in [0.15, 0.2) is 0 Å². The second-order valence-corrected chi connectivity index (χ2v) is 9.97. The number of halogens is 4. The molecule has 3 aromatic carbocycles. The number of nitrogens with zero attached hydrogens (tertiary/aromatic N) is 3. The van der Waals surface area contributed by atoms with E-state index in [9.17, 15) is 13.2 Å². The standard InChI is InChI=1S/C32H29ClF3N3O2/c33-31-26-14-13-25(30-27(32(34,35)36)12-7-16-37-30)20-28(26)38-29(15-18-40-21-23-8-3-1-4-9-23)39(31)17-19-41-22-24-10-5-2-6-11-24/h1-14,16,20,31H,15,17-19,21-22H2. The maximum Gasteiger partial charge on any atom is 0.418 e. The van der Waals surface area contributed by atoms with Crippen LogP contribution < -0.4 is 0 Å². The van der Waals surface area contributed by atoms with Crippen molar-refractivity contribution in [1.29, 1.82) is 0 Å². The minimum Gasteiger partial charge on any atom is -0.376 e. The Hall–Kier alpha value is -3.72. The molecule has 5 rings (SSSR count). The second-order valence-electron chi connectivity index (χ2n) is 9.55. The number of aliphatic imine (C=N–C) groups is 1. The summed E-state index contributed by atoms with van der Waals surface area (Å²) >= 11 is 6.97. The number of hydrogen-bond donors (Lipinski definition) is 0. The van der Waals surface area contributed by atoms with Gasteiger partial charge in [0.05, 0.1) is 43.4 Å². The van der Waals surface area contributed by atoms with Gasteiger partial charge < -0.3 is 14.4 Å². The number of aromatic nitrogens is 1.